The Morgan fingerprint density at radius 3 is 2.75 bits per heavy atom. The normalized spacial score (nSPS) is 12.8. The Morgan fingerprint density at radius 1 is 1.44 bits per heavy atom. The van der Waals surface area contributed by atoms with Crippen LogP contribution >= 0.6 is 43.5 Å². The molecule has 0 aliphatic carbocycles. The van der Waals surface area contributed by atoms with Crippen LogP contribution in [-0.4, -0.2) is 11.4 Å². The van der Waals surface area contributed by atoms with E-state index in [-0.39, 0.29) is 0 Å². The zero-order valence-corrected chi connectivity index (χ0v) is 13.2. The summed E-state index contributed by atoms with van der Waals surface area (Å²) in [5.41, 5.74) is 1.15. The third kappa shape index (κ3) is 4.74. The number of alkyl halides is 1. The maximum atomic E-state index is 6.15. The van der Waals surface area contributed by atoms with Crippen molar-refractivity contribution >= 4 is 43.5 Å². The molecular formula is C12H16Br2ClN. The summed E-state index contributed by atoms with van der Waals surface area (Å²) in [6, 6.07) is 6.57. The molecule has 1 aromatic rings. The molecule has 0 saturated carbocycles. The van der Waals surface area contributed by atoms with Gasteiger partial charge in [0.2, 0.25) is 0 Å². The molecule has 4 heteroatoms. The van der Waals surface area contributed by atoms with Gasteiger partial charge in [0.1, 0.15) is 0 Å². The second-order valence-corrected chi connectivity index (χ2v) is 5.82. The highest BCUT2D eigenvalue weighted by molar-refractivity contribution is 9.10. The van der Waals surface area contributed by atoms with E-state index in [9.17, 15) is 0 Å². The lowest BCUT2D eigenvalue weighted by molar-refractivity contribution is 0.488. The van der Waals surface area contributed by atoms with Crippen LogP contribution in [0.5, 0.6) is 0 Å². The first-order valence-corrected chi connectivity index (χ1v) is 7.70. The zero-order valence-electron chi connectivity index (χ0n) is 9.27. The summed E-state index contributed by atoms with van der Waals surface area (Å²) in [5, 5.41) is 5.37. The van der Waals surface area contributed by atoms with Gasteiger partial charge in [0, 0.05) is 27.4 Å². The third-order valence-electron chi connectivity index (χ3n) is 2.55. The van der Waals surface area contributed by atoms with Crippen molar-refractivity contribution in [2.24, 2.45) is 0 Å². The predicted octanol–water partition coefficient (Wildman–Crippen LogP) is 4.76. The van der Waals surface area contributed by atoms with Crippen LogP contribution in [0.4, 0.5) is 0 Å². The van der Waals surface area contributed by atoms with Crippen LogP contribution in [0, 0.1) is 0 Å². The van der Waals surface area contributed by atoms with Crippen LogP contribution in [-0.2, 0) is 6.54 Å². The fourth-order valence-electron chi connectivity index (χ4n) is 1.50. The molecule has 0 aliphatic heterocycles. The van der Waals surface area contributed by atoms with Crippen LogP contribution in [0.3, 0.4) is 0 Å². The Labute approximate surface area is 119 Å². The molecule has 1 unspecified atom stereocenters. The predicted molar refractivity (Wildman–Crippen MR) is 78.5 cm³/mol. The van der Waals surface area contributed by atoms with Gasteiger partial charge in [-0.2, -0.15) is 0 Å². The van der Waals surface area contributed by atoms with Crippen LogP contribution < -0.4 is 5.32 Å². The number of hydrogen-bond acceptors (Lipinski definition) is 1. The summed E-state index contributed by atoms with van der Waals surface area (Å²) in [4.78, 5) is 0. The molecule has 1 nitrogen and oxygen atoms in total. The summed E-state index contributed by atoms with van der Waals surface area (Å²) in [5.74, 6) is 0. The molecule has 0 aromatic heterocycles. The van der Waals surface area contributed by atoms with Gasteiger partial charge in [-0.25, -0.2) is 0 Å². The molecule has 0 radical (unpaired) electrons. The standard InChI is InChI=1S/C12H16Br2ClN/c1-2-11(5-6-13)16-8-9-3-4-10(14)7-12(9)15/h3-4,7,11,16H,2,5-6,8H2,1H3. The van der Waals surface area contributed by atoms with Crippen LogP contribution in [0.2, 0.25) is 5.02 Å². The van der Waals surface area contributed by atoms with Crippen LogP contribution in [0.15, 0.2) is 22.7 Å². The average molecular weight is 370 g/mol. The molecule has 0 amide bonds. The number of halogens is 3. The summed E-state index contributed by atoms with van der Waals surface area (Å²) in [6.45, 7) is 3.03. The van der Waals surface area contributed by atoms with E-state index in [4.69, 9.17) is 11.6 Å². The Morgan fingerprint density at radius 2 is 2.19 bits per heavy atom. The first-order chi connectivity index (χ1) is 7.67. The van der Waals surface area contributed by atoms with E-state index in [0.717, 1.165) is 39.8 Å². The van der Waals surface area contributed by atoms with Crippen molar-refractivity contribution in [2.45, 2.75) is 32.4 Å². The van der Waals surface area contributed by atoms with Crippen molar-refractivity contribution in [3.8, 4) is 0 Å². The molecule has 0 saturated heterocycles. The van der Waals surface area contributed by atoms with Gasteiger partial charge in [0.05, 0.1) is 0 Å². The van der Waals surface area contributed by atoms with Gasteiger partial charge in [-0.05, 0) is 30.5 Å². The zero-order chi connectivity index (χ0) is 12.0. The number of hydrogen-bond donors (Lipinski definition) is 1. The summed E-state index contributed by atoms with van der Waals surface area (Å²) in [7, 11) is 0. The van der Waals surface area contributed by atoms with E-state index in [2.05, 4.69) is 50.2 Å². The lowest BCUT2D eigenvalue weighted by atomic mass is 10.1. The second-order valence-electron chi connectivity index (χ2n) is 3.70. The highest BCUT2D eigenvalue weighted by atomic mass is 79.9. The molecule has 0 heterocycles. The minimum absolute atomic E-state index is 0.555. The van der Waals surface area contributed by atoms with Gasteiger partial charge in [-0.3, -0.25) is 0 Å². The molecule has 1 aromatic carbocycles. The van der Waals surface area contributed by atoms with Crippen LogP contribution in [0.1, 0.15) is 25.3 Å². The molecular weight excluding hydrogens is 353 g/mol. The van der Waals surface area contributed by atoms with E-state index < -0.39 is 0 Å². The molecule has 1 atom stereocenters. The molecule has 0 aliphatic rings. The monoisotopic (exact) mass is 367 g/mol. The van der Waals surface area contributed by atoms with E-state index in [0.29, 0.717) is 6.04 Å². The lowest BCUT2D eigenvalue weighted by Gasteiger charge is -2.16. The van der Waals surface area contributed by atoms with Gasteiger partial charge in [0.15, 0.2) is 0 Å². The third-order valence-corrected chi connectivity index (χ3v) is 3.85. The van der Waals surface area contributed by atoms with E-state index in [1.54, 1.807) is 0 Å². The van der Waals surface area contributed by atoms with Crippen molar-refractivity contribution in [3.63, 3.8) is 0 Å². The summed E-state index contributed by atoms with van der Waals surface area (Å²) in [6.07, 6.45) is 2.28. The maximum Gasteiger partial charge on any atom is 0.0462 e. The summed E-state index contributed by atoms with van der Waals surface area (Å²) >= 11 is 13.0. The fourth-order valence-corrected chi connectivity index (χ4v) is 2.79. The van der Waals surface area contributed by atoms with E-state index in [1.807, 2.05) is 12.1 Å². The topological polar surface area (TPSA) is 12.0 Å². The lowest BCUT2D eigenvalue weighted by Crippen LogP contribution is -2.28. The molecule has 0 spiro atoms. The highest BCUT2D eigenvalue weighted by Gasteiger charge is 2.06. The number of nitrogens with one attached hydrogen (secondary N) is 1. The van der Waals surface area contributed by atoms with Crippen molar-refractivity contribution in [3.05, 3.63) is 33.3 Å². The minimum atomic E-state index is 0.555. The Kier molecular flexibility index (Phi) is 6.97. The van der Waals surface area contributed by atoms with E-state index >= 15 is 0 Å². The molecule has 16 heavy (non-hydrogen) atoms. The first kappa shape index (κ1) is 14.5. The largest absolute Gasteiger partial charge is 0.310 e. The molecule has 1 rings (SSSR count). The fraction of sp³-hybridized carbons (Fsp3) is 0.500. The number of rotatable bonds is 6. The Bertz CT molecular complexity index is 331. The molecule has 90 valence electrons. The van der Waals surface area contributed by atoms with Crippen molar-refractivity contribution < 1.29 is 0 Å². The molecule has 1 N–H and O–H groups in total. The average Bonchev–Trinajstić information content (AvgIpc) is 2.26. The van der Waals surface area contributed by atoms with Crippen molar-refractivity contribution in [1.29, 1.82) is 0 Å². The molecule has 0 bridgehead atoms. The Balaban J connectivity index is 2.53. The maximum absolute atomic E-state index is 6.15. The first-order valence-electron chi connectivity index (χ1n) is 5.40. The van der Waals surface area contributed by atoms with Gasteiger partial charge in [-0.15, -0.1) is 0 Å². The van der Waals surface area contributed by atoms with Gasteiger partial charge >= 0.3 is 0 Å². The Hall–Kier alpha value is 0.430. The highest BCUT2D eigenvalue weighted by Crippen LogP contribution is 2.21. The summed E-state index contributed by atoms with van der Waals surface area (Å²) < 4.78 is 1.02. The van der Waals surface area contributed by atoms with Crippen LogP contribution in [0.25, 0.3) is 0 Å². The second kappa shape index (κ2) is 7.70. The smallest absolute Gasteiger partial charge is 0.0462 e. The van der Waals surface area contributed by atoms with Crippen molar-refractivity contribution in [1.82, 2.24) is 5.32 Å². The van der Waals surface area contributed by atoms with E-state index in [1.165, 1.54) is 0 Å². The van der Waals surface area contributed by atoms with Gasteiger partial charge < -0.3 is 5.32 Å². The minimum Gasteiger partial charge on any atom is -0.310 e. The quantitative estimate of drug-likeness (QED) is 0.713. The SMILES string of the molecule is CCC(CCBr)NCc1ccc(Br)cc1Cl. The molecule has 0 fully saturated rings. The van der Waals surface area contributed by atoms with Gasteiger partial charge in [-0.1, -0.05) is 56.5 Å². The van der Waals surface area contributed by atoms with Crippen molar-refractivity contribution in [2.75, 3.05) is 5.33 Å². The number of benzene rings is 1. The van der Waals surface area contributed by atoms with Gasteiger partial charge in [0.25, 0.3) is 0 Å².